The first-order chi connectivity index (χ1) is 10.1. The van der Waals surface area contributed by atoms with Crippen molar-refractivity contribution in [1.29, 1.82) is 5.26 Å². The Kier molecular flexibility index (Phi) is 5.39. The Morgan fingerprint density at radius 1 is 1.48 bits per heavy atom. The number of halogens is 2. The number of hydrogen-bond donors (Lipinski definition) is 1. The molecule has 0 bridgehead atoms. The summed E-state index contributed by atoms with van der Waals surface area (Å²) in [6.07, 6.45) is 6.65. The highest BCUT2D eigenvalue weighted by atomic mass is 32.2. The monoisotopic (exact) mass is 311 g/mol. The average molecular weight is 311 g/mol. The van der Waals surface area contributed by atoms with E-state index in [1.165, 1.54) is 11.8 Å². The summed E-state index contributed by atoms with van der Waals surface area (Å²) in [4.78, 5) is 3.96. The Morgan fingerprint density at radius 3 is 2.62 bits per heavy atom. The summed E-state index contributed by atoms with van der Waals surface area (Å²) in [7, 11) is 0. The topological polar surface area (TPSA) is 57.4 Å². The van der Waals surface area contributed by atoms with Crippen molar-refractivity contribution in [1.82, 2.24) is 5.32 Å². The summed E-state index contributed by atoms with van der Waals surface area (Å²) in [5.41, 5.74) is 0.0908. The first-order valence-corrected chi connectivity index (χ1v) is 7.76. The number of nitriles is 1. The summed E-state index contributed by atoms with van der Waals surface area (Å²) >= 11 is 1.17. The van der Waals surface area contributed by atoms with Crippen LogP contribution in [0.15, 0.2) is 17.1 Å². The normalized spacial score (nSPS) is 15.2. The van der Waals surface area contributed by atoms with Crippen LogP contribution in [0.4, 0.5) is 14.5 Å². The van der Waals surface area contributed by atoms with Gasteiger partial charge in [0.2, 0.25) is 0 Å². The number of thioether (sulfide) groups is 1. The van der Waals surface area contributed by atoms with Gasteiger partial charge >= 0.3 is 0 Å². The van der Waals surface area contributed by atoms with Gasteiger partial charge in [0.15, 0.2) is 28.7 Å². The summed E-state index contributed by atoms with van der Waals surface area (Å²) in [6, 6.07) is 2.18. The predicted molar refractivity (Wildman–Crippen MR) is 78.6 cm³/mol. The van der Waals surface area contributed by atoms with Crippen LogP contribution in [0.25, 0.3) is 0 Å². The summed E-state index contributed by atoms with van der Waals surface area (Å²) in [5.74, 6) is -1.54. The number of ether oxygens (including phenoxy) is 1. The van der Waals surface area contributed by atoms with Crippen molar-refractivity contribution >= 4 is 22.6 Å². The minimum atomic E-state index is -0.787. The van der Waals surface area contributed by atoms with E-state index in [9.17, 15) is 8.78 Å². The number of nitrogens with one attached hydrogen (secondary N) is 1. The second-order valence-corrected chi connectivity index (χ2v) is 5.50. The van der Waals surface area contributed by atoms with Gasteiger partial charge in [-0.3, -0.25) is 5.32 Å². The Hall–Kier alpha value is -1.81. The van der Waals surface area contributed by atoms with E-state index in [-0.39, 0.29) is 16.6 Å². The standard InChI is InChI=1S/C14H15F2N3OS/c1-21-14(18-8-17)19-10-5-11(15)13(12(16)6-10)20-7-9-3-2-4-9/h5-6,9H,2-4,7H2,1H3,(H,18,19). The van der Waals surface area contributed by atoms with Crippen molar-refractivity contribution in [2.24, 2.45) is 10.9 Å². The maximum atomic E-state index is 13.9. The highest BCUT2D eigenvalue weighted by molar-refractivity contribution is 8.13. The maximum absolute atomic E-state index is 13.9. The molecule has 0 unspecified atom stereocenters. The Bertz CT molecular complexity index is 559. The minimum absolute atomic E-state index is 0.0908. The van der Waals surface area contributed by atoms with Crippen LogP contribution in [-0.4, -0.2) is 18.0 Å². The molecule has 1 saturated carbocycles. The van der Waals surface area contributed by atoms with Gasteiger partial charge in [-0.05, 0) is 25.0 Å². The molecule has 21 heavy (non-hydrogen) atoms. The van der Waals surface area contributed by atoms with Crippen LogP contribution in [0.2, 0.25) is 0 Å². The van der Waals surface area contributed by atoms with Crippen LogP contribution in [0.5, 0.6) is 5.75 Å². The first kappa shape index (κ1) is 15.6. The van der Waals surface area contributed by atoms with Gasteiger partial charge < -0.3 is 4.74 Å². The molecule has 0 atom stereocenters. The third-order valence-corrected chi connectivity index (χ3v) is 3.84. The summed E-state index contributed by atoms with van der Waals surface area (Å²) in [5, 5.41) is 11.1. The van der Waals surface area contributed by atoms with E-state index in [0.717, 1.165) is 31.4 Å². The van der Waals surface area contributed by atoms with Gasteiger partial charge in [0.1, 0.15) is 0 Å². The van der Waals surface area contributed by atoms with E-state index in [1.807, 2.05) is 0 Å². The van der Waals surface area contributed by atoms with Gasteiger partial charge in [-0.1, -0.05) is 18.2 Å². The molecule has 1 N–H and O–H groups in total. The predicted octanol–water partition coefficient (Wildman–Crippen LogP) is 3.56. The second kappa shape index (κ2) is 7.27. The quantitative estimate of drug-likeness (QED) is 0.400. The SMILES string of the molecule is CSC(=Nc1cc(F)c(OCC2CCC2)c(F)c1)NC#N. The highest BCUT2D eigenvalue weighted by Crippen LogP contribution is 2.31. The molecular weight excluding hydrogens is 296 g/mol. The molecule has 2 rings (SSSR count). The van der Waals surface area contributed by atoms with Gasteiger partial charge in [-0.15, -0.1) is 0 Å². The molecule has 0 heterocycles. The number of rotatable bonds is 4. The molecule has 0 aromatic heterocycles. The van der Waals surface area contributed by atoms with Gasteiger partial charge in [0, 0.05) is 12.1 Å². The third kappa shape index (κ3) is 4.08. The first-order valence-electron chi connectivity index (χ1n) is 6.53. The van der Waals surface area contributed by atoms with Crippen molar-refractivity contribution in [2.45, 2.75) is 19.3 Å². The minimum Gasteiger partial charge on any atom is -0.487 e. The fraction of sp³-hybridized carbons (Fsp3) is 0.429. The molecule has 1 aromatic carbocycles. The third-order valence-electron chi connectivity index (χ3n) is 3.26. The average Bonchev–Trinajstić information content (AvgIpc) is 2.39. The van der Waals surface area contributed by atoms with Crippen molar-refractivity contribution in [3.05, 3.63) is 23.8 Å². The number of nitrogens with zero attached hydrogens (tertiary/aromatic N) is 2. The van der Waals surface area contributed by atoms with E-state index < -0.39 is 11.6 Å². The highest BCUT2D eigenvalue weighted by Gasteiger charge is 2.20. The Labute approximate surface area is 126 Å². The molecule has 1 aromatic rings. The molecule has 0 saturated heterocycles. The second-order valence-electron chi connectivity index (χ2n) is 4.70. The van der Waals surface area contributed by atoms with Gasteiger partial charge in [-0.25, -0.2) is 13.8 Å². The molecule has 7 heteroatoms. The van der Waals surface area contributed by atoms with Crippen molar-refractivity contribution < 1.29 is 13.5 Å². The lowest BCUT2D eigenvalue weighted by atomic mass is 9.86. The molecule has 112 valence electrons. The van der Waals surface area contributed by atoms with E-state index in [2.05, 4.69) is 10.3 Å². The lowest BCUT2D eigenvalue weighted by Gasteiger charge is -2.25. The molecular formula is C14H15F2N3OS. The lowest BCUT2D eigenvalue weighted by Crippen LogP contribution is -2.20. The van der Waals surface area contributed by atoms with Gasteiger partial charge in [0.05, 0.1) is 12.3 Å². The molecule has 0 amide bonds. The number of amidine groups is 1. The molecule has 1 aliphatic rings. The number of benzene rings is 1. The molecule has 0 spiro atoms. The van der Waals surface area contributed by atoms with Crippen LogP contribution in [0.1, 0.15) is 19.3 Å². The zero-order valence-corrected chi connectivity index (χ0v) is 12.3. The zero-order valence-electron chi connectivity index (χ0n) is 11.5. The Morgan fingerprint density at radius 2 is 2.14 bits per heavy atom. The van der Waals surface area contributed by atoms with Crippen LogP contribution in [0.3, 0.4) is 0 Å². The van der Waals surface area contributed by atoms with Crippen LogP contribution in [0, 0.1) is 29.0 Å². The van der Waals surface area contributed by atoms with Crippen LogP contribution >= 0.6 is 11.8 Å². The number of hydrogen-bond acceptors (Lipinski definition) is 4. The fourth-order valence-electron chi connectivity index (χ4n) is 1.90. The molecule has 0 aliphatic heterocycles. The lowest BCUT2D eigenvalue weighted by molar-refractivity contribution is 0.170. The molecule has 1 aliphatic carbocycles. The summed E-state index contributed by atoms with van der Waals surface area (Å²) < 4.78 is 33.0. The van der Waals surface area contributed by atoms with Gasteiger partial charge in [-0.2, -0.15) is 5.26 Å². The molecule has 4 nitrogen and oxygen atoms in total. The maximum Gasteiger partial charge on any atom is 0.190 e. The Balaban J connectivity index is 2.13. The molecule has 0 radical (unpaired) electrons. The van der Waals surface area contributed by atoms with Crippen molar-refractivity contribution in [3.63, 3.8) is 0 Å². The van der Waals surface area contributed by atoms with E-state index in [0.29, 0.717) is 12.5 Å². The van der Waals surface area contributed by atoms with Crippen molar-refractivity contribution in [3.8, 4) is 11.9 Å². The van der Waals surface area contributed by atoms with Crippen molar-refractivity contribution in [2.75, 3.05) is 12.9 Å². The van der Waals surface area contributed by atoms with E-state index in [1.54, 1.807) is 12.4 Å². The number of aliphatic imine (C=N–C) groups is 1. The van der Waals surface area contributed by atoms with E-state index >= 15 is 0 Å². The van der Waals surface area contributed by atoms with Crippen LogP contribution in [-0.2, 0) is 0 Å². The zero-order chi connectivity index (χ0) is 15.2. The fourth-order valence-corrected chi connectivity index (χ4v) is 2.24. The summed E-state index contributed by atoms with van der Waals surface area (Å²) in [6.45, 7) is 0.336. The molecule has 1 fully saturated rings. The van der Waals surface area contributed by atoms with Gasteiger partial charge in [0.25, 0.3) is 0 Å². The van der Waals surface area contributed by atoms with E-state index in [4.69, 9.17) is 10.00 Å². The smallest absolute Gasteiger partial charge is 0.190 e. The largest absolute Gasteiger partial charge is 0.487 e. The van der Waals surface area contributed by atoms with Crippen LogP contribution < -0.4 is 10.1 Å².